The van der Waals surface area contributed by atoms with Crippen LogP contribution in [0.5, 0.6) is 0 Å². The van der Waals surface area contributed by atoms with Gasteiger partial charge < -0.3 is 25.7 Å². The van der Waals surface area contributed by atoms with Crippen molar-refractivity contribution in [3.8, 4) is 0 Å². The molecule has 1 aromatic heterocycles. The highest BCUT2D eigenvalue weighted by Gasteiger charge is 2.30. The SMILES string of the molecule is CCOC(=O)c1[nH]c(C)c(C(O)C(O)C(N)=O)c1C. The molecule has 0 aliphatic rings. The Bertz CT molecular complexity index is 495. The summed E-state index contributed by atoms with van der Waals surface area (Å²) >= 11 is 0. The summed E-state index contributed by atoms with van der Waals surface area (Å²) in [6, 6.07) is 0. The summed E-state index contributed by atoms with van der Waals surface area (Å²) in [6.45, 7) is 5.10. The predicted octanol–water partition coefficient (Wildman–Crippen LogP) is -0.312. The maximum atomic E-state index is 11.7. The lowest BCUT2D eigenvalue weighted by molar-refractivity contribution is -0.132. The van der Waals surface area contributed by atoms with Gasteiger partial charge in [0.1, 0.15) is 11.8 Å². The second-order valence-electron chi connectivity index (χ2n) is 4.18. The van der Waals surface area contributed by atoms with Crippen LogP contribution in [0.4, 0.5) is 0 Å². The zero-order chi connectivity index (χ0) is 14.7. The fourth-order valence-electron chi connectivity index (χ4n) is 1.93. The Balaban J connectivity index is 3.16. The molecule has 0 aliphatic heterocycles. The highest BCUT2D eigenvalue weighted by molar-refractivity contribution is 5.90. The maximum Gasteiger partial charge on any atom is 0.355 e. The average Bonchev–Trinajstić information content (AvgIpc) is 2.63. The molecule has 1 aromatic rings. The number of ether oxygens (including phenoxy) is 1. The molecule has 0 bridgehead atoms. The number of esters is 1. The predicted molar refractivity (Wildman–Crippen MR) is 66.4 cm³/mol. The van der Waals surface area contributed by atoms with Gasteiger partial charge in [0.05, 0.1) is 6.61 Å². The van der Waals surface area contributed by atoms with E-state index in [1.807, 2.05) is 0 Å². The quantitative estimate of drug-likeness (QED) is 0.546. The number of aromatic amines is 1. The number of aliphatic hydroxyl groups excluding tert-OH is 2. The highest BCUT2D eigenvalue weighted by Crippen LogP contribution is 2.27. The molecule has 0 aromatic carbocycles. The molecule has 106 valence electrons. The third-order valence-electron chi connectivity index (χ3n) is 2.86. The standard InChI is InChI=1S/C12H18N2O5/c1-4-19-12(18)8-5(2)7(6(3)14-8)9(15)10(16)11(13)17/h9-10,14-16H,4H2,1-3H3,(H2,13,17). The van der Waals surface area contributed by atoms with Crippen LogP contribution in [0.15, 0.2) is 0 Å². The highest BCUT2D eigenvalue weighted by atomic mass is 16.5. The Hall–Kier alpha value is -1.86. The maximum absolute atomic E-state index is 11.7. The first-order valence-electron chi connectivity index (χ1n) is 5.82. The van der Waals surface area contributed by atoms with E-state index in [-0.39, 0.29) is 17.9 Å². The lowest BCUT2D eigenvalue weighted by atomic mass is 10.00. The molecule has 1 amide bonds. The van der Waals surface area contributed by atoms with Crippen molar-refractivity contribution in [2.24, 2.45) is 5.73 Å². The molecule has 0 spiro atoms. The average molecular weight is 270 g/mol. The van der Waals surface area contributed by atoms with E-state index in [9.17, 15) is 19.8 Å². The topological polar surface area (TPSA) is 126 Å². The summed E-state index contributed by atoms with van der Waals surface area (Å²) in [5.74, 6) is -1.60. The van der Waals surface area contributed by atoms with Gasteiger partial charge in [-0.3, -0.25) is 4.79 Å². The number of hydrogen-bond acceptors (Lipinski definition) is 5. The van der Waals surface area contributed by atoms with Crippen LogP contribution in [-0.4, -0.2) is 39.8 Å². The Morgan fingerprint density at radius 1 is 1.37 bits per heavy atom. The summed E-state index contributed by atoms with van der Waals surface area (Å²) in [5.41, 5.74) is 6.28. The molecule has 2 atom stereocenters. The molecule has 1 rings (SSSR count). The number of carbonyl (C=O) groups excluding carboxylic acids is 2. The van der Waals surface area contributed by atoms with Crippen LogP contribution in [0.2, 0.25) is 0 Å². The van der Waals surface area contributed by atoms with Crippen molar-refractivity contribution in [2.75, 3.05) is 6.61 Å². The van der Waals surface area contributed by atoms with Gasteiger partial charge in [-0.1, -0.05) is 0 Å². The van der Waals surface area contributed by atoms with E-state index in [1.54, 1.807) is 20.8 Å². The third kappa shape index (κ3) is 2.94. The van der Waals surface area contributed by atoms with E-state index in [0.717, 1.165) is 0 Å². The van der Waals surface area contributed by atoms with Crippen molar-refractivity contribution in [1.82, 2.24) is 4.98 Å². The zero-order valence-corrected chi connectivity index (χ0v) is 11.1. The minimum Gasteiger partial charge on any atom is -0.461 e. The Kier molecular flexibility index (Phi) is 4.68. The summed E-state index contributed by atoms with van der Waals surface area (Å²) in [4.78, 5) is 25.3. The molecule has 0 saturated heterocycles. The lowest BCUT2D eigenvalue weighted by Crippen LogP contribution is -2.34. The second-order valence-corrected chi connectivity index (χ2v) is 4.18. The van der Waals surface area contributed by atoms with E-state index in [2.05, 4.69) is 4.98 Å². The van der Waals surface area contributed by atoms with E-state index in [0.29, 0.717) is 11.3 Å². The number of H-pyrrole nitrogens is 1. The van der Waals surface area contributed by atoms with Gasteiger partial charge in [0.25, 0.3) is 0 Å². The summed E-state index contributed by atoms with van der Waals surface area (Å²) in [7, 11) is 0. The number of aryl methyl sites for hydroxylation is 1. The molecule has 7 nitrogen and oxygen atoms in total. The first-order valence-corrected chi connectivity index (χ1v) is 5.82. The van der Waals surface area contributed by atoms with E-state index in [4.69, 9.17) is 10.5 Å². The third-order valence-corrected chi connectivity index (χ3v) is 2.86. The van der Waals surface area contributed by atoms with Gasteiger partial charge in [0, 0.05) is 11.3 Å². The minimum atomic E-state index is -1.73. The van der Waals surface area contributed by atoms with Crippen molar-refractivity contribution in [3.05, 3.63) is 22.5 Å². The van der Waals surface area contributed by atoms with Gasteiger partial charge in [0.2, 0.25) is 5.91 Å². The number of carbonyl (C=O) groups is 2. The molecule has 0 radical (unpaired) electrons. The monoisotopic (exact) mass is 270 g/mol. The van der Waals surface area contributed by atoms with Crippen LogP contribution in [0.3, 0.4) is 0 Å². The molecule has 0 saturated carbocycles. The molecule has 1 heterocycles. The van der Waals surface area contributed by atoms with Gasteiger partial charge >= 0.3 is 5.97 Å². The van der Waals surface area contributed by atoms with Crippen molar-refractivity contribution >= 4 is 11.9 Å². The van der Waals surface area contributed by atoms with E-state index >= 15 is 0 Å². The van der Waals surface area contributed by atoms with Crippen molar-refractivity contribution in [3.63, 3.8) is 0 Å². The molecule has 19 heavy (non-hydrogen) atoms. The Morgan fingerprint density at radius 2 is 1.95 bits per heavy atom. The number of aromatic nitrogens is 1. The second kappa shape index (κ2) is 5.85. The molecule has 2 unspecified atom stereocenters. The largest absolute Gasteiger partial charge is 0.461 e. The van der Waals surface area contributed by atoms with Crippen LogP contribution in [0.25, 0.3) is 0 Å². The summed E-state index contributed by atoms with van der Waals surface area (Å²) in [5, 5.41) is 19.4. The molecular weight excluding hydrogens is 252 g/mol. The van der Waals surface area contributed by atoms with Gasteiger partial charge in [-0.15, -0.1) is 0 Å². The van der Waals surface area contributed by atoms with Gasteiger partial charge in [-0.05, 0) is 26.3 Å². The Labute approximate surface area is 110 Å². The van der Waals surface area contributed by atoms with Crippen LogP contribution in [0.1, 0.15) is 40.3 Å². The summed E-state index contributed by atoms with van der Waals surface area (Å²) < 4.78 is 4.86. The van der Waals surface area contributed by atoms with Crippen LogP contribution < -0.4 is 5.73 Å². The van der Waals surface area contributed by atoms with Crippen molar-refractivity contribution in [1.29, 1.82) is 0 Å². The molecule has 5 N–H and O–H groups in total. The fraction of sp³-hybridized carbons (Fsp3) is 0.500. The lowest BCUT2D eigenvalue weighted by Gasteiger charge is -2.16. The molecule has 7 heteroatoms. The van der Waals surface area contributed by atoms with E-state index in [1.165, 1.54) is 0 Å². The van der Waals surface area contributed by atoms with Crippen molar-refractivity contribution in [2.45, 2.75) is 33.0 Å². The van der Waals surface area contributed by atoms with Gasteiger partial charge in [-0.2, -0.15) is 0 Å². The van der Waals surface area contributed by atoms with Gasteiger partial charge in [-0.25, -0.2) is 4.79 Å². The normalized spacial score (nSPS) is 13.9. The molecule has 0 aliphatic carbocycles. The van der Waals surface area contributed by atoms with E-state index < -0.39 is 24.1 Å². The Morgan fingerprint density at radius 3 is 2.42 bits per heavy atom. The number of rotatable bonds is 5. The number of aliphatic hydroxyl groups is 2. The molecular formula is C12H18N2O5. The minimum absolute atomic E-state index is 0.185. The fourth-order valence-corrected chi connectivity index (χ4v) is 1.93. The number of primary amides is 1. The number of hydrogen-bond donors (Lipinski definition) is 4. The smallest absolute Gasteiger partial charge is 0.355 e. The number of amides is 1. The first-order chi connectivity index (χ1) is 8.81. The molecule has 0 fully saturated rings. The number of nitrogens with two attached hydrogens (primary N) is 1. The van der Waals surface area contributed by atoms with Crippen molar-refractivity contribution < 1.29 is 24.5 Å². The van der Waals surface area contributed by atoms with Crippen LogP contribution in [0, 0.1) is 13.8 Å². The summed E-state index contributed by atoms with van der Waals surface area (Å²) in [6.07, 6.45) is -3.22. The first kappa shape index (κ1) is 15.2. The van der Waals surface area contributed by atoms with Crippen LogP contribution in [-0.2, 0) is 9.53 Å². The van der Waals surface area contributed by atoms with Crippen LogP contribution >= 0.6 is 0 Å². The van der Waals surface area contributed by atoms with Gasteiger partial charge in [0.15, 0.2) is 6.10 Å². The number of nitrogens with one attached hydrogen (secondary N) is 1. The zero-order valence-electron chi connectivity index (χ0n) is 11.1.